The Kier molecular flexibility index (Phi) is 3.39. The molecule has 1 heterocycles. The quantitative estimate of drug-likeness (QED) is 0.646. The normalized spacial score (nSPS) is 10.6. The third kappa shape index (κ3) is 2.44. The van der Waals surface area contributed by atoms with Gasteiger partial charge in [0, 0.05) is 16.8 Å². The van der Waals surface area contributed by atoms with Gasteiger partial charge in [-0.25, -0.2) is 9.78 Å². The lowest BCUT2D eigenvalue weighted by molar-refractivity contribution is 0.0692. The second-order valence-corrected chi connectivity index (χ2v) is 5.07. The number of H-pyrrole nitrogens is 1. The van der Waals surface area contributed by atoms with Crippen LogP contribution in [0.15, 0.2) is 48.5 Å². The molecule has 3 rings (SSSR count). The first-order valence-corrected chi connectivity index (χ1v) is 6.81. The van der Waals surface area contributed by atoms with Gasteiger partial charge in [-0.15, -0.1) is 0 Å². The van der Waals surface area contributed by atoms with Gasteiger partial charge in [-0.3, -0.25) is 0 Å². The van der Waals surface area contributed by atoms with E-state index in [1.807, 2.05) is 43.3 Å². The lowest BCUT2D eigenvalue weighted by Gasteiger charge is -2.00. The molecule has 0 radical (unpaired) electrons. The van der Waals surface area contributed by atoms with Crippen LogP contribution in [0.1, 0.15) is 16.1 Å². The van der Waals surface area contributed by atoms with Crippen LogP contribution >= 0.6 is 0 Å². The summed E-state index contributed by atoms with van der Waals surface area (Å²) in [5.74, 6) is -0.602. The lowest BCUT2D eigenvalue weighted by atomic mass is 10.1. The molecule has 5 nitrogen and oxygen atoms in total. The van der Waals surface area contributed by atoms with Gasteiger partial charge >= 0.3 is 5.97 Å². The van der Waals surface area contributed by atoms with Gasteiger partial charge in [0.05, 0.1) is 0 Å². The van der Waals surface area contributed by atoms with Gasteiger partial charge in [-0.2, -0.15) is 0 Å². The fourth-order valence-corrected chi connectivity index (χ4v) is 2.29. The first-order valence-electron chi connectivity index (χ1n) is 6.81. The summed E-state index contributed by atoms with van der Waals surface area (Å²) in [5.41, 5.74) is 9.48. The zero-order valence-electron chi connectivity index (χ0n) is 12.0. The lowest BCUT2D eigenvalue weighted by Crippen LogP contribution is -1.99. The maximum atomic E-state index is 11.5. The van der Waals surface area contributed by atoms with Crippen molar-refractivity contribution >= 4 is 11.7 Å². The Labute approximate surface area is 127 Å². The summed E-state index contributed by atoms with van der Waals surface area (Å²) in [6.45, 7) is 1.97. The Morgan fingerprint density at radius 1 is 1.14 bits per heavy atom. The van der Waals surface area contributed by atoms with Crippen molar-refractivity contribution in [2.24, 2.45) is 0 Å². The highest BCUT2D eigenvalue weighted by Crippen LogP contribution is 2.29. The molecule has 3 aromatic rings. The summed E-state index contributed by atoms with van der Waals surface area (Å²) in [6, 6.07) is 14.8. The van der Waals surface area contributed by atoms with Crippen LogP contribution in [0.25, 0.3) is 22.6 Å². The number of nitrogens with two attached hydrogens (primary N) is 1. The van der Waals surface area contributed by atoms with Crippen LogP contribution < -0.4 is 5.73 Å². The second-order valence-electron chi connectivity index (χ2n) is 5.07. The van der Waals surface area contributed by atoms with Gasteiger partial charge < -0.3 is 15.8 Å². The van der Waals surface area contributed by atoms with E-state index in [4.69, 9.17) is 5.73 Å². The largest absolute Gasteiger partial charge is 0.477 e. The number of hydrogen-bond donors (Lipinski definition) is 3. The van der Waals surface area contributed by atoms with Crippen LogP contribution in [0.2, 0.25) is 0 Å². The number of para-hydroxylation sites is 1. The second kappa shape index (κ2) is 5.37. The number of aryl methyl sites for hydroxylation is 1. The molecule has 4 N–H and O–H groups in total. The van der Waals surface area contributed by atoms with Crippen molar-refractivity contribution in [3.05, 3.63) is 59.8 Å². The number of nitrogen functional groups attached to an aromatic ring is 1. The number of carboxylic acids is 1. The number of aromatic nitrogens is 2. The molecule has 0 fully saturated rings. The molecule has 0 saturated carbocycles. The number of anilines is 1. The standard InChI is InChI=1S/C17H15N3O2/c1-10-6-8-11(9-7-10)14-15(17(21)22)20-16(19-14)12-4-2-3-5-13(12)18/h2-9H,18H2,1H3,(H,19,20)(H,21,22). The molecule has 0 amide bonds. The first-order chi connectivity index (χ1) is 10.6. The molecule has 22 heavy (non-hydrogen) atoms. The predicted molar refractivity (Wildman–Crippen MR) is 85.6 cm³/mol. The maximum absolute atomic E-state index is 11.5. The number of rotatable bonds is 3. The van der Waals surface area contributed by atoms with Crippen LogP contribution in [0, 0.1) is 6.92 Å². The summed E-state index contributed by atoms with van der Waals surface area (Å²) in [7, 11) is 0. The highest BCUT2D eigenvalue weighted by molar-refractivity contribution is 5.94. The van der Waals surface area contributed by atoms with Crippen molar-refractivity contribution in [1.82, 2.24) is 9.97 Å². The predicted octanol–water partition coefficient (Wildman–Crippen LogP) is 3.33. The topological polar surface area (TPSA) is 92.0 Å². The minimum absolute atomic E-state index is 0.0575. The minimum Gasteiger partial charge on any atom is -0.477 e. The number of benzene rings is 2. The molecular weight excluding hydrogens is 278 g/mol. The summed E-state index contributed by atoms with van der Waals surface area (Å²) < 4.78 is 0. The zero-order valence-corrected chi connectivity index (χ0v) is 12.0. The van der Waals surface area contributed by atoms with Crippen molar-refractivity contribution in [2.45, 2.75) is 6.92 Å². The van der Waals surface area contributed by atoms with Crippen LogP contribution in [-0.2, 0) is 0 Å². The molecule has 0 aliphatic heterocycles. The Hall–Kier alpha value is -3.08. The van der Waals surface area contributed by atoms with Gasteiger partial charge in [-0.05, 0) is 19.1 Å². The highest BCUT2D eigenvalue weighted by atomic mass is 16.4. The Morgan fingerprint density at radius 3 is 2.45 bits per heavy atom. The molecule has 5 heteroatoms. The van der Waals surface area contributed by atoms with Crippen molar-refractivity contribution < 1.29 is 9.90 Å². The van der Waals surface area contributed by atoms with E-state index in [1.54, 1.807) is 12.1 Å². The molecule has 0 unspecified atom stereocenters. The number of imidazole rings is 1. The third-order valence-corrected chi connectivity index (χ3v) is 3.46. The average molecular weight is 293 g/mol. The van der Waals surface area contributed by atoms with E-state index in [9.17, 15) is 9.90 Å². The maximum Gasteiger partial charge on any atom is 0.354 e. The van der Waals surface area contributed by atoms with Crippen molar-refractivity contribution in [3.8, 4) is 22.6 Å². The van der Waals surface area contributed by atoms with Crippen LogP contribution in [-0.4, -0.2) is 21.0 Å². The number of carboxylic acid groups (broad SMARTS) is 1. The average Bonchev–Trinajstić information content (AvgIpc) is 2.93. The van der Waals surface area contributed by atoms with Crippen LogP contribution in [0.5, 0.6) is 0 Å². The molecule has 0 aliphatic rings. The van der Waals surface area contributed by atoms with Gasteiger partial charge in [0.2, 0.25) is 0 Å². The van der Waals surface area contributed by atoms with E-state index in [0.29, 0.717) is 22.8 Å². The number of aromatic amines is 1. The van der Waals surface area contributed by atoms with Gasteiger partial charge in [0.25, 0.3) is 0 Å². The molecule has 110 valence electrons. The number of carbonyl (C=O) groups is 1. The fourth-order valence-electron chi connectivity index (χ4n) is 2.29. The first kappa shape index (κ1) is 13.9. The number of aromatic carboxylic acids is 1. The van der Waals surface area contributed by atoms with E-state index < -0.39 is 5.97 Å². The molecule has 0 atom stereocenters. The highest BCUT2D eigenvalue weighted by Gasteiger charge is 2.19. The molecule has 1 aromatic heterocycles. The summed E-state index contributed by atoms with van der Waals surface area (Å²) in [6.07, 6.45) is 0. The monoisotopic (exact) mass is 293 g/mol. The molecule has 2 aromatic carbocycles. The number of hydrogen-bond acceptors (Lipinski definition) is 3. The van der Waals surface area contributed by atoms with E-state index in [1.165, 1.54) is 0 Å². The number of nitrogens with zero attached hydrogens (tertiary/aromatic N) is 1. The van der Waals surface area contributed by atoms with Gasteiger partial charge in [-0.1, -0.05) is 42.0 Å². The molecule has 0 bridgehead atoms. The molecule has 0 aliphatic carbocycles. The smallest absolute Gasteiger partial charge is 0.354 e. The summed E-state index contributed by atoms with van der Waals surface area (Å²) in [5, 5.41) is 9.41. The summed E-state index contributed by atoms with van der Waals surface area (Å²) in [4.78, 5) is 18.8. The van der Waals surface area contributed by atoms with Crippen molar-refractivity contribution in [1.29, 1.82) is 0 Å². The van der Waals surface area contributed by atoms with Crippen LogP contribution in [0.4, 0.5) is 5.69 Å². The van der Waals surface area contributed by atoms with Gasteiger partial charge in [0.1, 0.15) is 11.5 Å². The molecule has 0 saturated heterocycles. The van der Waals surface area contributed by atoms with Gasteiger partial charge in [0.15, 0.2) is 5.69 Å². The van der Waals surface area contributed by atoms with E-state index in [2.05, 4.69) is 9.97 Å². The number of nitrogens with one attached hydrogen (secondary N) is 1. The fraction of sp³-hybridized carbons (Fsp3) is 0.0588. The Bertz CT molecular complexity index is 835. The van der Waals surface area contributed by atoms with E-state index in [-0.39, 0.29) is 5.69 Å². The van der Waals surface area contributed by atoms with E-state index in [0.717, 1.165) is 11.1 Å². The van der Waals surface area contributed by atoms with Crippen molar-refractivity contribution in [3.63, 3.8) is 0 Å². The Morgan fingerprint density at radius 2 is 1.82 bits per heavy atom. The zero-order chi connectivity index (χ0) is 15.7. The molecule has 0 spiro atoms. The van der Waals surface area contributed by atoms with E-state index >= 15 is 0 Å². The molecular formula is C17H15N3O2. The van der Waals surface area contributed by atoms with Crippen LogP contribution in [0.3, 0.4) is 0 Å². The summed E-state index contributed by atoms with van der Waals surface area (Å²) >= 11 is 0. The van der Waals surface area contributed by atoms with Crippen molar-refractivity contribution in [2.75, 3.05) is 5.73 Å². The Balaban J connectivity index is 2.17. The minimum atomic E-state index is -1.05. The third-order valence-electron chi connectivity index (χ3n) is 3.46. The SMILES string of the molecule is Cc1ccc(-c2nc(-c3ccccc3N)[nH]c2C(=O)O)cc1.